The molecule has 5 heteroatoms. The zero-order valence-electron chi connectivity index (χ0n) is 20.9. The fourth-order valence-corrected chi connectivity index (χ4v) is 5.46. The Morgan fingerprint density at radius 3 is 2.70 bits per heavy atom. The first kappa shape index (κ1) is 27.2. The molecular formula is C28H44O5. The number of aliphatic hydroxyl groups is 1. The molecule has 5 nitrogen and oxygen atoms in total. The molecule has 2 aliphatic carbocycles. The zero-order valence-corrected chi connectivity index (χ0v) is 20.9. The molecule has 0 heterocycles. The second-order valence-electron chi connectivity index (χ2n) is 9.38. The van der Waals surface area contributed by atoms with Crippen LogP contribution in [0.25, 0.3) is 0 Å². The smallest absolute Gasteiger partial charge is 0.292 e. The van der Waals surface area contributed by atoms with E-state index in [1.54, 1.807) is 0 Å². The van der Waals surface area contributed by atoms with Crippen LogP contribution in [0.5, 0.6) is 5.75 Å². The molecule has 186 valence electrons. The van der Waals surface area contributed by atoms with Gasteiger partial charge in [0.25, 0.3) is 6.47 Å². The highest BCUT2D eigenvalue weighted by Crippen LogP contribution is 2.48. The maximum absolute atomic E-state index is 10.3. The highest BCUT2D eigenvalue weighted by molar-refractivity contribution is 5.43. The summed E-state index contributed by atoms with van der Waals surface area (Å²) in [6.45, 7) is 9.55. The van der Waals surface area contributed by atoms with Crippen molar-refractivity contribution in [1.29, 1.82) is 0 Å². The van der Waals surface area contributed by atoms with Gasteiger partial charge in [0.1, 0.15) is 18.1 Å². The minimum Gasteiger partial charge on any atom is -0.495 e. The van der Waals surface area contributed by atoms with Gasteiger partial charge >= 0.3 is 0 Å². The number of benzene rings is 1. The van der Waals surface area contributed by atoms with E-state index < -0.39 is 0 Å². The average Bonchev–Trinajstić information content (AvgIpc) is 3.22. The Morgan fingerprint density at radius 1 is 1.21 bits per heavy atom. The van der Waals surface area contributed by atoms with Gasteiger partial charge in [0.05, 0.1) is 19.8 Å². The highest BCUT2D eigenvalue weighted by atomic mass is 16.5. The lowest BCUT2D eigenvalue weighted by atomic mass is 9.73. The minimum atomic E-state index is -0.102. The third-order valence-electron chi connectivity index (χ3n) is 7.12. The van der Waals surface area contributed by atoms with Crippen LogP contribution in [0, 0.1) is 17.8 Å². The van der Waals surface area contributed by atoms with Crippen LogP contribution in [0.4, 0.5) is 0 Å². The van der Waals surface area contributed by atoms with Crippen LogP contribution >= 0.6 is 0 Å². The maximum Gasteiger partial charge on any atom is 0.292 e. The Balaban J connectivity index is 0.000000890. The number of carbonyl (C=O) groups excluding carboxylic acids is 1. The lowest BCUT2D eigenvalue weighted by Gasteiger charge is -2.32. The second-order valence-corrected chi connectivity index (χ2v) is 9.38. The molecule has 1 aromatic rings. The van der Waals surface area contributed by atoms with Crippen LogP contribution in [0.1, 0.15) is 76.3 Å². The van der Waals surface area contributed by atoms with Crippen molar-refractivity contribution >= 4 is 6.47 Å². The van der Waals surface area contributed by atoms with Crippen LogP contribution in [0.15, 0.2) is 30.5 Å². The first-order valence-electron chi connectivity index (χ1n) is 12.7. The Bertz CT molecular complexity index is 716. The van der Waals surface area contributed by atoms with Gasteiger partial charge in [0.15, 0.2) is 0 Å². The Kier molecular flexibility index (Phi) is 12.4. The lowest BCUT2D eigenvalue weighted by molar-refractivity contribution is -0.126. The number of carbonyl (C=O) groups is 1. The van der Waals surface area contributed by atoms with E-state index in [1.165, 1.54) is 63.2 Å². The van der Waals surface area contributed by atoms with Gasteiger partial charge in [0, 0.05) is 0 Å². The SMILES string of the molecule is C=C(COc1cccc2c1CC1CCC(CCC(O)CCCCC)C1C2)OCC.COC=O. The molecule has 0 radical (unpaired) electrons. The Labute approximate surface area is 200 Å². The number of unbranched alkanes of at least 4 members (excludes halogenated alkanes) is 2. The quantitative estimate of drug-likeness (QED) is 0.227. The maximum atomic E-state index is 10.3. The van der Waals surface area contributed by atoms with Crippen LogP contribution < -0.4 is 4.74 Å². The van der Waals surface area contributed by atoms with Crippen LogP contribution in [0.2, 0.25) is 0 Å². The van der Waals surface area contributed by atoms with Crippen molar-refractivity contribution in [3.8, 4) is 5.75 Å². The van der Waals surface area contributed by atoms with Crippen LogP contribution in [0.3, 0.4) is 0 Å². The molecule has 3 rings (SSSR count). The van der Waals surface area contributed by atoms with E-state index in [4.69, 9.17) is 14.3 Å². The molecule has 4 atom stereocenters. The predicted octanol–water partition coefficient (Wildman–Crippen LogP) is 5.87. The highest BCUT2D eigenvalue weighted by Gasteiger charge is 2.39. The molecule has 0 saturated heterocycles. The van der Waals surface area contributed by atoms with Gasteiger partial charge in [-0.25, -0.2) is 0 Å². The van der Waals surface area contributed by atoms with Crippen LogP contribution in [-0.2, 0) is 27.1 Å². The molecule has 0 bridgehead atoms. The summed E-state index contributed by atoms with van der Waals surface area (Å²) in [7, 11) is 1.31. The van der Waals surface area contributed by atoms with E-state index >= 15 is 0 Å². The number of ether oxygens (including phenoxy) is 3. The number of hydrogen-bond acceptors (Lipinski definition) is 5. The Morgan fingerprint density at radius 2 is 2.00 bits per heavy atom. The van der Waals surface area contributed by atoms with Crippen molar-refractivity contribution in [3.05, 3.63) is 41.7 Å². The standard InChI is InChI=1S/C26H40O3.C2H4O2/c1-4-6-7-10-23(27)15-14-20-12-13-22-17-25-21(16-24(20)22)9-8-11-26(25)29-18-19(3)28-5-2;1-4-2-3/h8-9,11,20,22-24,27H,3-7,10,12-18H2,1-2H3;2H,1H3. The van der Waals surface area contributed by atoms with Crippen LogP contribution in [-0.4, -0.2) is 38.0 Å². The van der Waals surface area contributed by atoms with Crippen molar-refractivity contribution in [2.75, 3.05) is 20.3 Å². The Hall–Kier alpha value is -2.01. The van der Waals surface area contributed by atoms with Gasteiger partial charge in [-0.2, -0.15) is 0 Å². The summed E-state index contributed by atoms with van der Waals surface area (Å²) in [5.74, 6) is 4.02. The van der Waals surface area contributed by atoms with E-state index in [-0.39, 0.29) is 6.10 Å². The molecule has 0 spiro atoms. The third-order valence-corrected chi connectivity index (χ3v) is 7.12. The van der Waals surface area contributed by atoms with Crippen molar-refractivity contribution in [3.63, 3.8) is 0 Å². The fourth-order valence-electron chi connectivity index (χ4n) is 5.46. The van der Waals surface area contributed by atoms with Gasteiger partial charge in [-0.1, -0.05) is 44.9 Å². The molecule has 0 aliphatic heterocycles. The molecule has 1 N–H and O–H groups in total. The monoisotopic (exact) mass is 460 g/mol. The normalized spacial score (nSPS) is 21.6. The van der Waals surface area contributed by atoms with Crippen molar-refractivity contribution < 1.29 is 24.1 Å². The van der Waals surface area contributed by atoms with Crippen molar-refractivity contribution in [1.82, 2.24) is 0 Å². The van der Waals surface area contributed by atoms with Gasteiger partial charge in [-0.05, 0) is 86.8 Å². The number of fused-ring (bicyclic) bond motifs is 2. The summed E-state index contributed by atoms with van der Waals surface area (Å²) in [4.78, 5) is 8.95. The first-order chi connectivity index (χ1) is 16.0. The topological polar surface area (TPSA) is 65.0 Å². The molecule has 0 amide bonds. The van der Waals surface area contributed by atoms with Gasteiger partial charge in [0.2, 0.25) is 0 Å². The molecular weight excluding hydrogens is 416 g/mol. The minimum absolute atomic E-state index is 0.102. The number of hydrogen-bond donors (Lipinski definition) is 1. The van der Waals surface area contributed by atoms with E-state index in [0.29, 0.717) is 25.4 Å². The molecule has 1 fully saturated rings. The number of rotatable bonds is 13. The summed E-state index contributed by atoms with van der Waals surface area (Å²) in [6, 6.07) is 6.50. The second kappa shape index (κ2) is 15.0. The van der Waals surface area contributed by atoms with Crippen molar-refractivity contribution in [2.45, 2.75) is 84.2 Å². The van der Waals surface area contributed by atoms with E-state index in [2.05, 4.69) is 36.4 Å². The summed E-state index contributed by atoms with van der Waals surface area (Å²) >= 11 is 0. The summed E-state index contributed by atoms with van der Waals surface area (Å²) < 4.78 is 15.4. The molecule has 33 heavy (non-hydrogen) atoms. The summed E-state index contributed by atoms with van der Waals surface area (Å²) in [6.07, 6.45) is 11.6. The molecule has 2 aliphatic rings. The lowest BCUT2D eigenvalue weighted by Crippen LogP contribution is -2.26. The molecule has 1 aromatic carbocycles. The molecule has 4 unspecified atom stereocenters. The average molecular weight is 461 g/mol. The van der Waals surface area contributed by atoms with E-state index in [1.807, 2.05) is 6.92 Å². The largest absolute Gasteiger partial charge is 0.495 e. The van der Waals surface area contributed by atoms with Gasteiger partial charge in [-0.15, -0.1) is 0 Å². The number of methoxy groups -OCH3 is 1. The first-order valence-corrected chi connectivity index (χ1v) is 12.7. The van der Waals surface area contributed by atoms with Gasteiger partial charge in [-0.3, -0.25) is 4.79 Å². The zero-order chi connectivity index (χ0) is 24.1. The summed E-state index contributed by atoms with van der Waals surface area (Å²) in [5, 5.41) is 10.3. The predicted molar refractivity (Wildman–Crippen MR) is 132 cm³/mol. The molecule has 0 aromatic heterocycles. The van der Waals surface area contributed by atoms with E-state index in [9.17, 15) is 5.11 Å². The fraction of sp³-hybridized carbons (Fsp3) is 0.679. The molecule has 1 saturated carbocycles. The van der Waals surface area contributed by atoms with Crippen molar-refractivity contribution in [2.24, 2.45) is 17.8 Å². The van der Waals surface area contributed by atoms with Gasteiger partial charge < -0.3 is 19.3 Å². The number of aliphatic hydroxyl groups excluding tert-OH is 1. The summed E-state index contributed by atoms with van der Waals surface area (Å²) in [5.41, 5.74) is 2.86. The third kappa shape index (κ3) is 8.69. The van der Waals surface area contributed by atoms with E-state index in [0.717, 1.165) is 42.8 Å².